The van der Waals surface area contributed by atoms with E-state index in [-0.39, 0.29) is 29.7 Å². The van der Waals surface area contributed by atoms with Gasteiger partial charge in [-0.1, -0.05) is 52.0 Å². The summed E-state index contributed by atoms with van der Waals surface area (Å²) in [5.41, 5.74) is 3.24. The van der Waals surface area contributed by atoms with Crippen LogP contribution in [0.15, 0.2) is 29.6 Å². The molecular formula is C20H25N3O2S. The maximum Gasteiger partial charge on any atom is 0.245 e. The molecule has 138 valence electrons. The van der Waals surface area contributed by atoms with Gasteiger partial charge in [0.05, 0.1) is 12.2 Å². The number of carbonyl (C=O) groups excluding carboxylic acids is 2. The van der Waals surface area contributed by atoms with Gasteiger partial charge < -0.3 is 10.6 Å². The van der Waals surface area contributed by atoms with Crippen LogP contribution < -0.4 is 10.6 Å². The molecular weight excluding hydrogens is 346 g/mol. The van der Waals surface area contributed by atoms with Crippen molar-refractivity contribution in [3.8, 4) is 11.3 Å². The lowest BCUT2D eigenvalue weighted by Crippen LogP contribution is -2.34. The van der Waals surface area contributed by atoms with Crippen LogP contribution in [0, 0.1) is 11.8 Å². The molecule has 26 heavy (non-hydrogen) atoms. The van der Waals surface area contributed by atoms with E-state index in [1.807, 2.05) is 12.3 Å². The molecule has 1 heterocycles. The van der Waals surface area contributed by atoms with Crippen LogP contribution in [0.4, 0.5) is 5.13 Å². The van der Waals surface area contributed by atoms with Crippen LogP contribution in [0.2, 0.25) is 0 Å². The molecule has 0 spiro atoms. The van der Waals surface area contributed by atoms with Crippen molar-refractivity contribution in [2.24, 2.45) is 11.8 Å². The standard InChI is InChI=1S/C20H25N3O2S/c1-12-9-15(12)18(25)21-10-17(24)23-19-22-16(11-26-19)13-5-7-14(8-6-13)20(2,3)4/h5-8,11-12,15H,9-10H2,1-4H3,(H,21,25)(H,22,23,24). The smallest absolute Gasteiger partial charge is 0.245 e. The summed E-state index contributed by atoms with van der Waals surface area (Å²) in [5, 5.41) is 7.89. The summed E-state index contributed by atoms with van der Waals surface area (Å²) >= 11 is 1.38. The number of hydrogen-bond donors (Lipinski definition) is 2. The minimum atomic E-state index is -0.254. The van der Waals surface area contributed by atoms with Crippen molar-refractivity contribution in [3.05, 3.63) is 35.2 Å². The Morgan fingerprint density at radius 3 is 2.46 bits per heavy atom. The number of nitrogens with zero attached hydrogens (tertiary/aromatic N) is 1. The lowest BCUT2D eigenvalue weighted by Gasteiger charge is -2.18. The number of rotatable bonds is 5. The molecule has 2 unspecified atom stereocenters. The lowest BCUT2D eigenvalue weighted by molar-refractivity contribution is -0.125. The molecule has 6 heteroatoms. The summed E-state index contributed by atoms with van der Waals surface area (Å²) in [6.45, 7) is 8.57. The second-order valence-electron chi connectivity index (χ2n) is 7.95. The molecule has 1 aromatic heterocycles. The molecule has 1 aliphatic carbocycles. The number of hydrogen-bond acceptors (Lipinski definition) is 4. The van der Waals surface area contributed by atoms with Crippen LogP contribution >= 0.6 is 11.3 Å². The number of carbonyl (C=O) groups is 2. The molecule has 0 saturated heterocycles. The predicted octanol–water partition coefficient (Wildman–Crippen LogP) is 3.82. The molecule has 1 saturated carbocycles. The van der Waals surface area contributed by atoms with Crippen molar-refractivity contribution in [2.75, 3.05) is 11.9 Å². The van der Waals surface area contributed by atoms with E-state index in [0.717, 1.165) is 17.7 Å². The van der Waals surface area contributed by atoms with Crippen LogP contribution in [0.5, 0.6) is 0 Å². The summed E-state index contributed by atoms with van der Waals surface area (Å²) in [7, 11) is 0. The van der Waals surface area contributed by atoms with Gasteiger partial charge in [0, 0.05) is 16.9 Å². The molecule has 1 fully saturated rings. The van der Waals surface area contributed by atoms with Gasteiger partial charge >= 0.3 is 0 Å². The van der Waals surface area contributed by atoms with E-state index in [9.17, 15) is 9.59 Å². The first-order chi connectivity index (χ1) is 12.2. The fraction of sp³-hybridized carbons (Fsp3) is 0.450. The topological polar surface area (TPSA) is 71.1 Å². The van der Waals surface area contributed by atoms with Crippen LogP contribution in [0.3, 0.4) is 0 Å². The highest BCUT2D eigenvalue weighted by Gasteiger charge is 2.38. The Morgan fingerprint density at radius 2 is 1.88 bits per heavy atom. The third kappa shape index (κ3) is 4.49. The van der Waals surface area contributed by atoms with E-state index in [1.54, 1.807) is 0 Å². The van der Waals surface area contributed by atoms with Gasteiger partial charge in [-0.3, -0.25) is 9.59 Å². The van der Waals surface area contributed by atoms with Crippen molar-refractivity contribution in [3.63, 3.8) is 0 Å². The Hall–Kier alpha value is -2.21. The molecule has 5 nitrogen and oxygen atoms in total. The van der Waals surface area contributed by atoms with Gasteiger partial charge in [0.15, 0.2) is 5.13 Å². The zero-order valence-corrected chi connectivity index (χ0v) is 16.4. The normalized spacial score (nSPS) is 19.1. The van der Waals surface area contributed by atoms with Crippen molar-refractivity contribution in [2.45, 2.75) is 39.5 Å². The molecule has 3 rings (SSSR count). The predicted molar refractivity (Wildman–Crippen MR) is 105 cm³/mol. The van der Waals surface area contributed by atoms with E-state index in [0.29, 0.717) is 11.0 Å². The zero-order chi connectivity index (χ0) is 18.9. The first-order valence-corrected chi connectivity index (χ1v) is 9.76. The second kappa shape index (κ2) is 7.19. The molecule has 1 aliphatic rings. The highest BCUT2D eigenvalue weighted by molar-refractivity contribution is 7.14. The maximum atomic E-state index is 12.0. The van der Waals surface area contributed by atoms with Gasteiger partial charge in [-0.25, -0.2) is 4.98 Å². The Balaban J connectivity index is 1.55. The Kier molecular flexibility index (Phi) is 5.14. The minimum Gasteiger partial charge on any atom is -0.347 e. The number of benzene rings is 1. The van der Waals surface area contributed by atoms with Gasteiger partial charge in [-0.05, 0) is 23.3 Å². The van der Waals surface area contributed by atoms with E-state index in [1.165, 1.54) is 16.9 Å². The monoisotopic (exact) mass is 371 g/mol. The van der Waals surface area contributed by atoms with E-state index in [2.05, 4.69) is 60.7 Å². The Morgan fingerprint density at radius 1 is 1.23 bits per heavy atom. The average molecular weight is 372 g/mol. The number of amides is 2. The number of aromatic nitrogens is 1. The van der Waals surface area contributed by atoms with Crippen molar-refractivity contribution in [1.29, 1.82) is 0 Å². The molecule has 2 atom stereocenters. The van der Waals surface area contributed by atoms with Crippen LogP contribution in [-0.4, -0.2) is 23.3 Å². The largest absolute Gasteiger partial charge is 0.347 e. The van der Waals surface area contributed by atoms with Gasteiger partial charge in [-0.2, -0.15) is 0 Å². The summed E-state index contributed by atoms with van der Waals surface area (Å²) in [6.07, 6.45) is 0.914. The number of anilines is 1. The van der Waals surface area contributed by atoms with E-state index >= 15 is 0 Å². The zero-order valence-electron chi connectivity index (χ0n) is 15.6. The summed E-state index contributed by atoms with van der Waals surface area (Å²) in [6, 6.07) is 8.33. The van der Waals surface area contributed by atoms with Crippen LogP contribution in [-0.2, 0) is 15.0 Å². The van der Waals surface area contributed by atoms with Crippen LogP contribution in [0.25, 0.3) is 11.3 Å². The third-order valence-corrected chi connectivity index (χ3v) is 5.42. The molecule has 2 amide bonds. The van der Waals surface area contributed by atoms with Crippen molar-refractivity contribution in [1.82, 2.24) is 10.3 Å². The van der Waals surface area contributed by atoms with Gasteiger partial charge in [0.2, 0.25) is 11.8 Å². The summed E-state index contributed by atoms with van der Waals surface area (Å²) < 4.78 is 0. The first-order valence-electron chi connectivity index (χ1n) is 8.88. The number of thiazole rings is 1. The van der Waals surface area contributed by atoms with Gasteiger partial charge in [0.1, 0.15) is 0 Å². The van der Waals surface area contributed by atoms with E-state index < -0.39 is 0 Å². The van der Waals surface area contributed by atoms with Crippen molar-refractivity contribution >= 4 is 28.3 Å². The lowest BCUT2D eigenvalue weighted by atomic mass is 9.86. The molecule has 2 N–H and O–H groups in total. The van der Waals surface area contributed by atoms with Crippen molar-refractivity contribution < 1.29 is 9.59 Å². The summed E-state index contributed by atoms with van der Waals surface area (Å²) in [4.78, 5) is 28.2. The molecule has 0 radical (unpaired) electrons. The molecule has 2 aromatic rings. The maximum absolute atomic E-state index is 12.0. The third-order valence-electron chi connectivity index (χ3n) is 4.67. The molecule has 0 bridgehead atoms. The minimum absolute atomic E-state index is 0.0166. The van der Waals surface area contributed by atoms with Crippen LogP contribution in [0.1, 0.15) is 39.7 Å². The fourth-order valence-corrected chi connectivity index (χ4v) is 3.49. The Labute approximate surface area is 158 Å². The molecule has 1 aromatic carbocycles. The average Bonchev–Trinajstić information content (AvgIpc) is 3.14. The molecule has 0 aliphatic heterocycles. The highest BCUT2D eigenvalue weighted by Crippen LogP contribution is 2.37. The summed E-state index contributed by atoms with van der Waals surface area (Å²) in [5.74, 6) is 0.219. The van der Waals surface area contributed by atoms with Gasteiger partial charge in [-0.15, -0.1) is 11.3 Å². The first kappa shape index (κ1) is 18.6. The van der Waals surface area contributed by atoms with E-state index in [4.69, 9.17) is 0 Å². The highest BCUT2D eigenvalue weighted by atomic mass is 32.1. The Bertz CT molecular complexity index is 805. The van der Waals surface area contributed by atoms with Gasteiger partial charge in [0.25, 0.3) is 0 Å². The fourth-order valence-electron chi connectivity index (χ4n) is 2.75. The second-order valence-corrected chi connectivity index (χ2v) is 8.81. The quantitative estimate of drug-likeness (QED) is 0.839. The number of nitrogens with one attached hydrogen (secondary N) is 2. The SMILES string of the molecule is CC1CC1C(=O)NCC(=O)Nc1nc(-c2ccc(C(C)(C)C)cc2)cs1.